The van der Waals surface area contributed by atoms with Crippen LogP contribution in [0.2, 0.25) is 0 Å². The van der Waals surface area contributed by atoms with Crippen LogP contribution in [0.5, 0.6) is 0 Å². The monoisotopic (exact) mass is 430 g/mol. The van der Waals surface area contributed by atoms with Crippen LogP contribution < -0.4 is 0 Å². The average molecular weight is 430 g/mol. The van der Waals surface area contributed by atoms with Crippen molar-refractivity contribution in [2.24, 2.45) is 0 Å². The largest absolute Gasteiger partial charge is 0.387 e. The van der Waals surface area contributed by atoms with Gasteiger partial charge in [0.1, 0.15) is 13.6 Å². The maximum absolute atomic E-state index is 5.14. The summed E-state index contributed by atoms with van der Waals surface area (Å²) in [6.07, 6.45) is 4.96. The van der Waals surface area contributed by atoms with Gasteiger partial charge in [-0.1, -0.05) is 49.0 Å². The molecule has 19 heavy (non-hydrogen) atoms. The molecule has 0 fully saturated rings. The molecular weight excluding hydrogens is 398 g/mol. The van der Waals surface area contributed by atoms with E-state index in [9.17, 15) is 0 Å². The van der Waals surface area contributed by atoms with Crippen molar-refractivity contribution in [2.75, 3.05) is 40.5 Å². The van der Waals surface area contributed by atoms with E-state index in [1.807, 2.05) is 6.42 Å². The van der Waals surface area contributed by atoms with Crippen molar-refractivity contribution in [3.63, 3.8) is 0 Å². The van der Waals surface area contributed by atoms with Crippen molar-refractivity contribution < 1.29 is 84.4 Å². The van der Waals surface area contributed by atoms with E-state index in [0.717, 1.165) is 6.42 Å². The van der Waals surface area contributed by atoms with Gasteiger partial charge in [0, 0.05) is 72.5 Å². The van der Waals surface area contributed by atoms with Crippen LogP contribution in [0.4, 0.5) is 0 Å². The second-order valence-corrected chi connectivity index (χ2v) is 2.62. The Hall–Kier alpha value is 2.05. The standard InChI is InChI=1S/C10H20O4.3CH4.2Y/c1-3-4-6-13-10-14-8-5-7-12-9-11-2;;;;;/h4-5H,3,6-10H2,1-2H3;3*1H4;;/q-2;;;;;. The molecule has 4 nitrogen and oxygen atoms in total. The van der Waals surface area contributed by atoms with E-state index >= 15 is 0 Å². The summed E-state index contributed by atoms with van der Waals surface area (Å²) in [6, 6.07) is 0. The van der Waals surface area contributed by atoms with Gasteiger partial charge in [-0.15, -0.1) is 0 Å². The number of rotatable bonds is 11. The van der Waals surface area contributed by atoms with Gasteiger partial charge in [0.15, 0.2) is 0 Å². The maximum Gasteiger partial charge on any atom is 0.142 e. The van der Waals surface area contributed by atoms with E-state index in [2.05, 4.69) is 13.3 Å². The smallest absolute Gasteiger partial charge is 0.142 e. The first-order chi connectivity index (χ1) is 6.91. The molecule has 0 aromatic rings. The summed E-state index contributed by atoms with van der Waals surface area (Å²) < 4.78 is 20.0. The zero-order valence-electron chi connectivity index (χ0n) is 10.2. The van der Waals surface area contributed by atoms with Crippen molar-refractivity contribution in [1.82, 2.24) is 0 Å². The maximum atomic E-state index is 5.14. The van der Waals surface area contributed by atoms with E-state index in [0.29, 0.717) is 33.4 Å². The van der Waals surface area contributed by atoms with Gasteiger partial charge in [0.05, 0.1) is 0 Å². The average Bonchev–Trinajstić information content (AvgIpc) is 2.21. The Bertz CT molecular complexity index is 96.6. The molecule has 0 aliphatic heterocycles. The molecule has 0 bridgehead atoms. The second-order valence-electron chi connectivity index (χ2n) is 2.62. The molecule has 0 aliphatic rings. The molecule has 2 radical (unpaired) electrons. The molecule has 0 saturated carbocycles. The number of hydrogen-bond acceptors (Lipinski definition) is 4. The minimum atomic E-state index is 0. The third-order valence-electron chi connectivity index (χ3n) is 1.36. The van der Waals surface area contributed by atoms with E-state index in [1.165, 1.54) is 0 Å². The van der Waals surface area contributed by atoms with Crippen LogP contribution in [0.15, 0.2) is 0 Å². The summed E-state index contributed by atoms with van der Waals surface area (Å²) in [7, 11) is 1.59. The van der Waals surface area contributed by atoms with Crippen molar-refractivity contribution in [3.8, 4) is 0 Å². The summed E-state index contributed by atoms with van der Waals surface area (Å²) in [5, 5.41) is 0. The Kier molecular flexibility index (Phi) is 72.5. The van der Waals surface area contributed by atoms with Crippen molar-refractivity contribution >= 4 is 0 Å². The Balaban J connectivity index is -0.0000000845. The Labute approximate surface area is 171 Å². The van der Waals surface area contributed by atoms with Gasteiger partial charge in [-0.25, -0.2) is 0 Å². The first-order valence-electron chi connectivity index (χ1n) is 4.77. The third-order valence-corrected chi connectivity index (χ3v) is 1.36. The van der Waals surface area contributed by atoms with Gasteiger partial charge in [-0.05, 0) is 0 Å². The quantitative estimate of drug-likeness (QED) is 0.287. The summed E-state index contributed by atoms with van der Waals surface area (Å²) >= 11 is 0. The minimum absolute atomic E-state index is 0. The van der Waals surface area contributed by atoms with E-state index in [1.54, 1.807) is 7.11 Å². The van der Waals surface area contributed by atoms with Gasteiger partial charge in [0.2, 0.25) is 0 Å². The van der Waals surface area contributed by atoms with Crippen LogP contribution in [-0.2, 0) is 84.4 Å². The fourth-order valence-electron chi connectivity index (χ4n) is 0.703. The number of hydrogen-bond donors (Lipinski definition) is 0. The Morgan fingerprint density at radius 1 is 0.737 bits per heavy atom. The predicted octanol–water partition coefficient (Wildman–Crippen LogP) is 3.32. The van der Waals surface area contributed by atoms with Gasteiger partial charge < -0.3 is 25.4 Å². The first-order valence-corrected chi connectivity index (χ1v) is 4.77. The minimum Gasteiger partial charge on any atom is -0.387 e. The van der Waals surface area contributed by atoms with Crippen molar-refractivity contribution in [1.29, 1.82) is 0 Å². The van der Waals surface area contributed by atoms with Gasteiger partial charge in [-0.3, -0.25) is 6.42 Å². The molecule has 0 heterocycles. The molecule has 0 aromatic carbocycles. The molecular formula is C13H32O4Y2-2. The predicted molar refractivity (Wildman–Crippen MR) is 73.7 cm³/mol. The first kappa shape index (κ1) is 37.4. The Morgan fingerprint density at radius 3 is 1.58 bits per heavy atom. The van der Waals surface area contributed by atoms with Crippen molar-refractivity contribution in [3.05, 3.63) is 12.8 Å². The summed E-state index contributed by atoms with van der Waals surface area (Å²) in [5.41, 5.74) is 0. The molecule has 0 spiro atoms. The summed E-state index contributed by atoms with van der Waals surface area (Å²) in [6.45, 7) is 4.45. The SMILES string of the molecule is C.C.C.CC[CH-]COCOC[CH-]COCOC.[Y].[Y]. The van der Waals surface area contributed by atoms with Crippen LogP contribution in [-0.4, -0.2) is 40.5 Å². The molecule has 0 atom stereocenters. The molecule has 6 heteroatoms. The molecule has 116 valence electrons. The van der Waals surface area contributed by atoms with Gasteiger partial charge >= 0.3 is 0 Å². The molecule has 0 rings (SSSR count). The molecule has 0 saturated heterocycles. The van der Waals surface area contributed by atoms with Gasteiger partial charge in [0.25, 0.3) is 0 Å². The molecule has 0 aliphatic carbocycles. The van der Waals surface area contributed by atoms with Crippen LogP contribution >= 0.6 is 0 Å². The molecule has 0 amide bonds. The van der Waals surface area contributed by atoms with Crippen LogP contribution in [0.3, 0.4) is 0 Å². The molecule has 0 N–H and O–H groups in total. The topological polar surface area (TPSA) is 36.9 Å². The van der Waals surface area contributed by atoms with Crippen LogP contribution in [0, 0.1) is 12.8 Å². The third kappa shape index (κ3) is 38.4. The zero-order valence-corrected chi connectivity index (χ0v) is 15.9. The zero-order chi connectivity index (χ0) is 10.5. The van der Waals surface area contributed by atoms with Gasteiger partial charge in [-0.2, -0.15) is 6.42 Å². The Morgan fingerprint density at radius 2 is 1.16 bits per heavy atom. The van der Waals surface area contributed by atoms with E-state index in [-0.39, 0.29) is 87.7 Å². The van der Waals surface area contributed by atoms with Crippen LogP contribution in [0.1, 0.15) is 35.6 Å². The second kappa shape index (κ2) is 36.9. The van der Waals surface area contributed by atoms with Crippen LogP contribution in [0.25, 0.3) is 0 Å². The van der Waals surface area contributed by atoms with E-state index < -0.39 is 0 Å². The normalized spacial score (nSPS) is 7.89. The van der Waals surface area contributed by atoms with E-state index in [4.69, 9.17) is 18.9 Å². The number of ether oxygens (including phenoxy) is 4. The number of unbranched alkanes of at least 4 members (excludes halogenated alkanes) is 1. The fraction of sp³-hybridized carbons (Fsp3) is 0.846. The number of methoxy groups -OCH3 is 1. The molecule has 0 aromatic heterocycles. The summed E-state index contributed by atoms with van der Waals surface area (Å²) in [4.78, 5) is 0. The van der Waals surface area contributed by atoms with Crippen molar-refractivity contribution in [2.45, 2.75) is 35.6 Å². The summed E-state index contributed by atoms with van der Waals surface area (Å²) in [5.74, 6) is 0. The molecule has 0 unspecified atom stereocenters. The fourth-order valence-corrected chi connectivity index (χ4v) is 0.703.